The molecule has 0 aliphatic heterocycles. The van der Waals surface area contributed by atoms with Gasteiger partial charge in [-0.15, -0.1) is 0 Å². The number of aromatic nitrogens is 3. The Labute approximate surface area is 133 Å². The van der Waals surface area contributed by atoms with Gasteiger partial charge in [-0.3, -0.25) is 13.9 Å². The molecule has 3 aromatic rings. The van der Waals surface area contributed by atoms with Crippen molar-refractivity contribution in [3.8, 4) is 0 Å². The van der Waals surface area contributed by atoms with E-state index in [9.17, 15) is 22.8 Å². The van der Waals surface area contributed by atoms with E-state index in [0.29, 0.717) is 0 Å². The van der Waals surface area contributed by atoms with Crippen molar-refractivity contribution in [2.75, 3.05) is 0 Å². The molecule has 0 fully saturated rings. The SMILES string of the molecule is Cn1c(=O)n(Cc2ccccc2)c(=O)c2ccc(C(F)(F)F)nc21. The van der Waals surface area contributed by atoms with Crippen LogP contribution in [0.25, 0.3) is 11.0 Å². The zero-order valence-electron chi connectivity index (χ0n) is 12.5. The maximum Gasteiger partial charge on any atom is 0.433 e. The summed E-state index contributed by atoms with van der Waals surface area (Å²) >= 11 is 0. The number of rotatable bonds is 2. The molecule has 5 nitrogen and oxygen atoms in total. The summed E-state index contributed by atoms with van der Waals surface area (Å²) in [6, 6.07) is 10.6. The molecule has 0 amide bonds. The highest BCUT2D eigenvalue weighted by molar-refractivity contribution is 5.74. The molecule has 0 aliphatic rings. The smallest absolute Gasteiger partial charge is 0.280 e. The van der Waals surface area contributed by atoms with Crippen LogP contribution in [0.5, 0.6) is 0 Å². The summed E-state index contributed by atoms with van der Waals surface area (Å²) in [6.07, 6.45) is -4.65. The van der Waals surface area contributed by atoms with Crippen molar-refractivity contribution < 1.29 is 13.2 Å². The Hall–Kier alpha value is -2.90. The quantitative estimate of drug-likeness (QED) is 0.721. The van der Waals surface area contributed by atoms with Gasteiger partial charge in [-0.2, -0.15) is 13.2 Å². The molecule has 3 rings (SSSR count). The number of benzene rings is 1. The molecule has 0 radical (unpaired) electrons. The van der Waals surface area contributed by atoms with Gasteiger partial charge in [0.1, 0.15) is 11.3 Å². The molecule has 0 aliphatic carbocycles. The van der Waals surface area contributed by atoms with Gasteiger partial charge in [-0.1, -0.05) is 30.3 Å². The molecule has 0 unspecified atom stereocenters. The molecule has 24 heavy (non-hydrogen) atoms. The van der Waals surface area contributed by atoms with Crippen molar-refractivity contribution >= 4 is 11.0 Å². The first kappa shape index (κ1) is 16.0. The molecule has 124 valence electrons. The minimum absolute atomic E-state index is 0.0311. The average molecular weight is 335 g/mol. The topological polar surface area (TPSA) is 56.9 Å². The van der Waals surface area contributed by atoms with Crippen LogP contribution in [-0.2, 0) is 19.8 Å². The van der Waals surface area contributed by atoms with Crippen LogP contribution >= 0.6 is 0 Å². The van der Waals surface area contributed by atoms with E-state index in [1.54, 1.807) is 30.3 Å². The summed E-state index contributed by atoms with van der Waals surface area (Å²) in [6.45, 7) is 0.0311. The monoisotopic (exact) mass is 335 g/mol. The Kier molecular flexibility index (Phi) is 3.75. The summed E-state index contributed by atoms with van der Waals surface area (Å²) in [5.41, 5.74) is -2.09. The third kappa shape index (κ3) is 2.70. The van der Waals surface area contributed by atoms with Crippen molar-refractivity contribution in [3.05, 3.63) is 74.6 Å². The van der Waals surface area contributed by atoms with Gasteiger partial charge in [0.25, 0.3) is 5.56 Å². The molecule has 0 spiro atoms. The molecule has 0 N–H and O–H groups in total. The lowest BCUT2D eigenvalue weighted by molar-refractivity contribution is -0.141. The minimum Gasteiger partial charge on any atom is -0.280 e. The van der Waals surface area contributed by atoms with E-state index in [1.165, 1.54) is 7.05 Å². The predicted octanol–water partition coefficient (Wildman–Crippen LogP) is 2.16. The van der Waals surface area contributed by atoms with Gasteiger partial charge in [0, 0.05) is 7.05 Å². The van der Waals surface area contributed by atoms with Crippen LogP contribution in [0.2, 0.25) is 0 Å². The van der Waals surface area contributed by atoms with Crippen LogP contribution in [0.15, 0.2) is 52.1 Å². The number of hydrogen-bond donors (Lipinski definition) is 0. The first-order valence-electron chi connectivity index (χ1n) is 7.01. The van der Waals surface area contributed by atoms with Crippen molar-refractivity contribution in [2.45, 2.75) is 12.7 Å². The molecule has 1 aromatic carbocycles. The molecule has 2 aromatic heterocycles. The van der Waals surface area contributed by atoms with Crippen LogP contribution in [-0.4, -0.2) is 14.1 Å². The van der Waals surface area contributed by atoms with E-state index in [2.05, 4.69) is 4.98 Å². The van der Waals surface area contributed by atoms with Crippen molar-refractivity contribution in [2.24, 2.45) is 7.05 Å². The number of nitrogens with zero attached hydrogens (tertiary/aromatic N) is 3. The molecule has 8 heteroatoms. The first-order chi connectivity index (χ1) is 11.3. The van der Waals surface area contributed by atoms with Gasteiger partial charge in [-0.05, 0) is 17.7 Å². The van der Waals surface area contributed by atoms with Crippen LogP contribution in [0.3, 0.4) is 0 Å². The largest absolute Gasteiger partial charge is 0.433 e. The standard InChI is InChI=1S/C16H12F3N3O2/c1-21-13-11(7-8-12(20-13)16(17,18)19)14(23)22(15(21)24)9-10-5-3-2-4-6-10/h2-8H,9H2,1H3. The van der Waals surface area contributed by atoms with E-state index >= 15 is 0 Å². The van der Waals surface area contributed by atoms with Crippen LogP contribution < -0.4 is 11.2 Å². The highest BCUT2D eigenvalue weighted by atomic mass is 19.4. The summed E-state index contributed by atoms with van der Waals surface area (Å²) in [7, 11) is 1.29. The molecular formula is C16H12F3N3O2. The fraction of sp³-hybridized carbons (Fsp3) is 0.188. The summed E-state index contributed by atoms with van der Waals surface area (Å²) in [5, 5.41) is -0.0407. The zero-order chi connectivity index (χ0) is 17.5. The Morgan fingerprint density at radius 1 is 1.04 bits per heavy atom. The van der Waals surface area contributed by atoms with E-state index in [0.717, 1.165) is 26.8 Å². The summed E-state index contributed by atoms with van der Waals surface area (Å²) in [4.78, 5) is 28.3. The molecule has 0 saturated carbocycles. The number of aryl methyl sites for hydroxylation is 1. The van der Waals surface area contributed by atoms with Crippen molar-refractivity contribution in [1.29, 1.82) is 0 Å². The van der Waals surface area contributed by atoms with Gasteiger partial charge in [-0.25, -0.2) is 9.78 Å². The Morgan fingerprint density at radius 2 is 1.71 bits per heavy atom. The maximum absolute atomic E-state index is 12.8. The highest BCUT2D eigenvalue weighted by Gasteiger charge is 2.33. The van der Waals surface area contributed by atoms with Crippen molar-refractivity contribution in [3.63, 3.8) is 0 Å². The van der Waals surface area contributed by atoms with Crippen molar-refractivity contribution in [1.82, 2.24) is 14.1 Å². The minimum atomic E-state index is -4.65. The molecular weight excluding hydrogens is 323 g/mol. The lowest BCUT2D eigenvalue weighted by Gasteiger charge is -2.12. The molecule has 0 atom stereocenters. The first-order valence-corrected chi connectivity index (χ1v) is 7.01. The maximum atomic E-state index is 12.8. The summed E-state index contributed by atoms with van der Waals surface area (Å²) < 4.78 is 40.3. The van der Waals surface area contributed by atoms with E-state index in [-0.39, 0.29) is 17.6 Å². The second-order valence-corrected chi connectivity index (χ2v) is 5.28. The number of fused-ring (bicyclic) bond motifs is 1. The van der Waals surface area contributed by atoms with E-state index in [1.807, 2.05) is 0 Å². The van der Waals surface area contributed by atoms with Gasteiger partial charge in [0.05, 0.1) is 11.9 Å². The fourth-order valence-electron chi connectivity index (χ4n) is 2.44. The van der Waals surface area contributed by atoms with Crippen LogP contribution in [0.1, 0.15) is 11.3 Å². The second-order valence-electron chi connectivity index (χ2n) is 5.28. The van der Waals surface area contributed by atoms with Gasteiger partial charge < -0.3 is 0 Å². The summed E-state index contributed by atoms with van der Waals surface area (Å²) in [5.74, 6) is 0. The molecule has 0 bridgehead atoms. The Bertz CT molecular complexity index is 1020. The van der Waals surface area contributed by atoms with Gasteiger partial charge >= 0.3 is 11.9 Å². The number of pyridine rings is 1. The molecule has 0 saturated heterocycles. The molecule has 2 heterocycles. The lowest BCUT2D eigenvalue weighted by atomic mass is 10.2. The number of halogens is 3. The third-order valence-corrected chi connectivity index (χ3v) is 3.66. The number of alkyl halides is 3. The Balaban J connectivity index is 2.24. The third-order valence-electron chi connectivity index (χ3n) is 3.66. The highest BCUT2D eigenvalue weighted by Crippen LogP contribution is 2.28. The lowest BCUT2D eigenvalue weighted by Crippen LogP contribution is -2.39. The van der Waals surface area contributed by atoms with E-state index in [4.69, 9.17) is 0 Å². The van der Waals surface area contributed by atoms with Crippen LogP contribution in [0.4, 0.5) is 13.2 Å². The zero-order valence-corrected chi connectivity index (χ0v) is 12.5. The Morgan fingerprint density at radius 3 is 2.33 bits per heavy atom. The van der Waals surface area contributed by atoms with Crippen LogP contribution in [0, 0.1) is 0 Å². The van der Waals surface area contributed by atoms with Gasteiger partial charge in [0.2, 0.25) is 0 Å². The second kappa shape index (κ2) is 5.63. The number of hydrogen-bond acceptors (Lipinski definition) is 3. The van der Waals surface area contributed by atoms with E-state index < -0.39 is 23.1 Å². The van der Waals surface area contributed by atoms with Gasteiger partial charge in [0.15, 0.2) is 0 Å². The predicted molar refractivity (Wildman–Crippen MR) is 81.8 cm³/mol. The normalized spacial score (nSPS) is 11.8. The average Bonchev–Trinajstić information content (AvgIpc) is 2.56. The fourth-order valence-corrected chi connectivity index (χ4v) is 2.44.